The molecule has 0 bridgehead atoms. The van der Waals surface area contributed by atoms with Crippen molar-refractivity contribution in [3.8, 4) is 0 Å². The van der Waals surface area contributed by atoms with Crippen molar-refractivity contribution in [3.05, 3.63) is 17.7 Å². The number of rotatable bonds is 1. The molecule has 0 aromatic carbocycles. The van der Waals surface area contributed by atoms with Crippen molar-refractivity contribution in [1.29, 1.82) is 0 Å². The zero-order valence-electron chi connectivity index (χ0n) is 9.51. The minimum Gasteiger partial charge on any atom is -0.335 e. The maximum atomic E-state index is 4.70. The fourth-order valence-electron chi connectivity index (χ4n) is 2.10. The molecule has 2 nitrogen and oxygen atoms in total. The molecule has 0 atom stereocenters. The number of aryl methyl sites for hydroxylation is 2. The summed E-state index contributed by atoms with van der Waals surface area (Å²) in [6.07, 6.45) is 7.14. The lowest BCUT2D eigenvalue weighted by Crippen LogP contribution is -2.09. The largest absolute Gasteiger partial charge is 0.335 e. The van der Waals surface area contributed by atoms with Gasteiger partial charge in [0.15, 0.2) is 0 Å². The third-order valence-electron chi connectivity index (χ3n) is 2.67. The molecular weight excluding hydrogens is 172 g/mol. The van der Waals surface area contributed by atoms with Crippen LogP contribution in [0.2, 0.25) is 0 Å². The van der Waals surface area contributed by atoms with Gasteiger partial charge in [-0.2, -0.15) is 0 Å². The summed E-state index contributed by atoms with van der Waals surface area (Å²) in [6.45, 7) is 7.98. The van der Waals surface area contributed by atoms with Crippen LogP contribution in [0.5, 0.6) is 0 Å². The molecule has 0 aliphatic carbocycles. The predicted molar refractivity (Wildman–Crippen MR) is 58.3 cm³/mol. The van der Waals surface area contributed by atoms with Gasteiger partial charge in [0.25, 0.3) is 0 Å². The van der Waals surface area contributed by atoms with E-state index in [0.717, 1.165) is 6.42 Å². The summed E-state index contributed by atoms with van der Waals surface area (Å²) in [5.74, 6) is 1.30. The van der Waals surface area contributed by atoms with E-state index in [1.165, 1.54) is 37.3 Å². The number of nitrogens with zero attached hydrogens (tertiary/aromatic N) is 2. The Bertz CT molecular complexity index is 294. The number of fused-ring (bicyclic) bond motifs is 1. The molecule has 0 saturated heterocycles. The summed E-state index contributed by atoms with van der Waals surface area (Å²) >= 11 is 0. The van der Waals surface area contributed by atoms with E-state index in [1.54, 1.807) is 0 Å². The highest BCUT2D eigenvalue weighted by atomic mass is 15.1. The van der Waals surface area contributed by atoms with Crippen LogP contribution in [0.15, 0.2) is 6.20 Å². The summed E-state index contributed by atoms with van der Waals surface area (Å²) in [6, 6.07) is 0. The van der Waals surface area contributed by atoms with E-state index in [2.05, 4.69) is 31.5 Å². The van der Waals surface area contributed by atoms with Gasteiger partial charge in [-0.05, 0) is 24.7 Å². The first-order chi connectivity index (χ1) is 6.54. The van der Waals surface area contributed by atoms with Crippen LogP contribution in [0.25, 0.3) is 0 Å². The molecular formula is C12H20N2. The maximum Gasteiger partial charge on any atom is 0.108 e. The molecule has 0 saturated carbocycles. The second-order valence-electron chi connectivity index (χ2n) is 5.54. The van der Waals surface area contributed by atoms with Crippen molar-refractivity contribution >= 4 is 0 Å². The van der Waals surface area contributed by atoms with Gasteiger partial charge in [0.05, 0.1) is 5.69 Å². The van der Waals surface area contributed by atoms with Crippen molar-refractivity contribution in [1.82, 2.24) is 9.55 Å². The molecule has 14 heavy (non-hydrogen) atoms. The Morgan fingerprint density at radius 2 is 2.14 bits per heavy atom. The fraction of sp³-hybridized carbons (Fsp3) is 0.750. The molecule has 0 N–H and O–H groups in total. The van der Waals surface area contributed by atoms with Crippen LogP contribution in [0.1, 0.15) is 45.1 Å². The molecule has 0 radical (unpaired) electrons. The lowest BCUT2D eigenvalue weighted by Gasteiger charge is -2.15. The van der Waals surface area contributed by atoms with Gasteiger partial charge >= 0.3 is 0 Å². The Hall–Kier alpha value is -0.790. The second-order valence-corrected chi connectivity index (χ2v) is 5.54. The van der Waals surface area contributed by atoms with Crippen LogP contribution in [0.3, 0.4) is 0 Å². The molecule has 2 rings (SSSR count). The van der Waals surface area contributed by atoms with Gasteiger partial charge in [0.1, 0.15) is 5.82 Å². The highest BCUT2D eigenvalue weighted by Gasteiger charge is 2.17. The van der Waals surface area contributed by atoms with Crippen molar-refractivity contribution < 1.29 is 0 Å². The maximum absolute atomic E-state index is 4.70. The van der Waals surface area contributed by atoms with Crippen LogP contribution < -0.4 is 0 Å². The lowest BCUT2D eigenvalue weighted by atomic mass is 9.91. The van der Waals surface area contributed by atoms with Crippen molar-refractivity contribution in [3.63, 3.8) is 0 Å². The Labute approximate surface area is 86.3 Å². The van der Waals surface area contributed by atoms with Gasteiger partial charge in [-0.3, -0.25) is 0 Å². The Balaban J connectivity index is 2.16. The number of hydrogen-bond donors (Lipinski definition) is 0. The quantitative estimate of drug-likeness (QED) is 0.669. The Kier molecular flexibility index (Phi) is 2.38. The molecule has 78 valence electrons. The molecule has 2 heteroatoms. The summed E-state index contributed by atoms with van der Waals surface area (Å²) in [7, 11) is 0. The van der Waals surface area contributed by atoms with E-state index in [4.69, 9.17) is 4.98 Å². The van der Waals surface area contributed by atoms with E-state index in [0.29, 0.717) is 5.41 Å². The van der Waals surface area contributed by atoms with Crippen LogP contribution in [-0.4, -0.2) is 9.55 Å². The highest BCUT2D eigenvalue weighted by Crippen LogP contribution is 2.22. The van der Waals surface area contributed by atoms with Gasteiger partial charge < -0.3 is 4.57 Å². The molecule has 1 aromatic rings. The summed E-state index contributed by atoms with van der Waals surface area (Å²) in [4.78, 5) is 4.70. The molecule has 0 amide bonds. The first kappa shape index (κ1) is 9.75. The monoisotopic (exact) mass is 192 g/mol. The third-order valence-corrected chi connectivity index (χ3v) is 2.67. The molecule has 1 aromatic heterocycles. The predicted octanol–water partition coefficient (Wildman–Crippen LogP) is 2.81. The summed E-state index contributed by atoms with van der Waals surface area (Å²) < 4.78 is 2.34. The normalized spacial score (nSPS) is 16.8. The zero-order valence-corrected chi connectivity index (χ0v) is 9.51. The fourth-order valence-corrected chi connectivity index (χ4v) is 2.10. The van der Waals surface area contributed by atoms with E-state index in [9.17, 15) is 0 Å². The van der Waals surface area contributed by atoms with Crippen LogP contribution in [0.4, 0.5) is 0 Å². The number of aromatic nitrogens is 2. The number of imidazole rings is 1. The standard InChI is InChI=1S/C12H20N2/c1-12(2,3)8-10-9-14-7-5-4-6-11(14)13-10/h9H,4-8H2,1-3H3. The van der Waals surface area contributed by atoms with Gasteiger partial charge in [-0.15, -0.1) is 0 Å². The minimum absolute atomic E-state index is 0.352. The van der Waals surface area contributed by atoms with Gasteiger partial charge in [-0.1, -0.05) is 20.8 Å². The van der Waals surface area contributed by atoms with Gasteiger partial charge in [0, 0.05) is 19.2 Å². The highest BCUT2D eigenvalue weighted by molar-refractivity contribution is 5.07. The molecule has 1 aliphatic heterocycles. The first-order valence-corrected chi connectivity index (χ1v) is 5.59. The van der Waals surface area contributed by atoms with Gasteiger partial charge in [0.2, 0.25) is 0 Å². The Morgan fingerprint density at radius 1 is 1.36 bits per heavy atom. The van der Waals surface area contributed by atoms with E-state index in [-0.39, 0.29) is 0 Å². The molecule has 0 spiro atoms. The molecule has 1 aliphatic rings. The Morgan fingerprint density at radius 3 is 2.79 bits per heavy atom. The zero-order chi connectivity index (χ0) is 10.2. The molecule has 2 heterocycles. The van der Waals surface area contributed by atoms with E-state index < -0.39 is 0 Å². The van der Waals surface area contributed by atoms with Crippen molar-refractivity contribution in [2.45, 2.75) is 53.0 Å². The van der Waals surface area contributed by atoms with Crippen molar-refractivity contribution in [2.75, 3.05) is 0 Å². The summed E-state index contributed by atoms with van der Waals surface area (Å²) in [5.41, 5.74) is 1.62. The average molecular weight is 192 g/mol. The van der Waals surface area contributed by atoms with E-state index >= 15 is 0 Å². The van der Waals surface area contributed by atoms with Crippen LogP contribution in [-0.2, 0) is 19.4 Å². The molecule has 0 fully saturated rings. The second kappa shape index (κ2) is 3.41. The van der Waals surface area contributed by atoms with Gasteiger partial charge in [-0.25, -0.2) is 4.98 Å². The SMILES string of the molecule is CC(C)(C)Cc1cn2c(n1)CCCC2. The van der Waals surface area contributed by atoms with Crippen LogP contribution >= 0.6 is 0 Å². The average Bonchev–Trinajstić information content (AvgIpc) is 2.42. The molecule has 0 unspecified atom stereocenters. The minimum atomic E-state index is 0.352. The van der Waals surface area contributed by atoms with E-state index in [1.807, 2.05) is 0 Å². The first-order valence-electron chi connectivity index (χ1n) is 5.59. The summed E-state index contributed by atoms with van der Waals surface area (Å²) in [5, 5.41) is 0. The van der Waals surface area contributed by atoms with Crippen LogP contribution in [0, 0.1) is 5.41 Å². The topological polar surface area (TPSA) is 17.8 Å². The lowest BCUT2D eigenvalue weighted by molar-refractivity contribution is 0.406. The van der Waals surface area contributed by atoms with Crippen molar-refractivity contribution in [2.24, 2.45) is 5.41 Å². The number of hydrogen-bond acceptors (Lipinski definition) is 1. The third kappa shape index (κ3) is 2.17. The smallest absolute Gasteiger partial charge is 0.108 e.